The van der Waals surface area contributed by atoms with Crippen LogP contribution in [0.15, 0.2) is 72.4 Å². The van der Waals surface area contributed by atoms with Crippen molar-refractivity contribution in [1.82, 2.24) is 9.88 Å². The van der Waals surface area contributed by atoms with Gasteiger partial charge in [0.25, 0.3) is 11.8 Å². The van der Waals surface area contributed by atoms with Gasteiger partial charge in [-0.3, -0.25) is 19.8 Å². The van der Waals surface area contributed by atoms with Crippen LogP contribution >= 0.6 is 12.2 Å². The molecular formula is C24H21N3O3S. The van der Waals surface area contributed by atoms with Crippen LogP contribution in [0.1, 0.15) is 18.2 Å². The van der Waals surface area contributed by atoms with Crippen LogP contribution in [0.25, 0.3) is 11.8 Å². The van der Waals surface area contributed by atoms with E-state index in [2.05, 4.69) is 5.32 Å². The molecule has 0 saturated carbocycles. The first kappa shape index (κ1) is 20.6. The standard InChI is InChI=1S/C24H21N3O3S/c1-3-30-20-11-9-19(10-12-20)27-23(29)21(22(28)25-24(27)31)14-17-13-16(2)26(15-17)18-7-5-4-6-8-18/h4-15H,3H2,1-2H3,(H,25,28,31)/b21-14-. The van der Waals surface area contributed by atoms with Crippen molar-refractivity contribution in [3.8, 4) is 11.4 Å². The fourth-order valence-corrected chi connectivity index (χ4v) is 3.74. The summed E-state index contributed by atoms with van der Waals surface area (Å²) in [7, 11) is 0. The molecule has 0 bridgehead atoms. The highest BCUT2D eigenvalue weighted by atomic mass is 32.1. The van der Waals surface area contributed by atoms with Crippen molar-refractivity contribution < 1.29 is 14.3 Å². The number of carbonyl (C=O) groups is 2. The number of carbonyl (C=O) groups excluding carboxylic acids is 2. The number of benzene rings is 2. The molecule has 1 N–H and O–H groups in total. The Morgan fingerprint density at radius 2 is 1.74 bits per heavy atom. The minimum absolute atomic E-state index is 0.0210. The van der Waals surface area contributed by atoms with Crippen LogP contribution in [0.3, 0.4) is 0 Å². The molecule has 2 amide bonds. The van der Waals surface area contributed by atoms with Crippen LogP contribution in [-0.2, 0) is 9.59 Å². The number of anilines is 1. The first-order chi connectivity index (χ1) is 15.0. The Bertz CT molecular complexity index is 1180. The highest BCUT2D eigenvalue weighted by Gasteiger charge is 2.34. The number of rotatable bonds is 5. The van der Waals surface area contributed by atoms with Crippen molar-refractivity contribution >= 4 is 40.9 Å². The Balaban J connectivity index is 1.67. The molecule has 0 spiro atoms. The van der Waals surface area contributed by atoms with Gasteiger partial charge < -0.3 is 9.30 Å². The van der Waals surface area contributed by atoms with E-state index in [1.165, 1.54) is 4.90 Å². The molecule has 156 valence electrons. The third-order valence-electron chi connectivity index (χ3n) is 4.89. The Morgan fingerprint density at radius 1 is 1.03 bits per heavy atom. The zero-order valence-corrected chi connectivity index (χ0v) is 18.0. The van der Waals surface area contributed by atoms with E-state index in [0.29, 0.717) is 18.0 Å². The minimum atomic E-state index is -0.512. The molecular weight excluding hydrogens is 410 g/mol. The first-order valence-corrected chi connectivity index (χ1v) is 10.3. The summed E-state index contributed by atoms with van der Waals surface area (Å²) in [5.41, 5.74) is 3.32. The van der Waals surface area contributed by atoms with Crippen LogP contribution in [-0.4, -0.2) is 28.1 Å². The number of para-hydroxylation sites is 1. The average Bonchev–Trinajstić information content (AvgIpc) is 3.13. The fraction of sp³-hybridized carbons (Fsp3) is 0.125. The van der Waals surface area contributed by atoms with E-state index in [0.717, 1.165) is 16.9 Å². The molecule has 1 saturated heterocycles. The van der Waals surface area contributed by atoms with E-state index < -0.39 is 11.8 Å². The molecule has 1 aliphatic rings. The van der Waals surface area contributed by atoms with E-state index >= 15 is 0 Å². The monoisotopic (exact) mass is 431 g/mol. The molecule has 2 heterocycles. The lowest BCUT2D eigenvalue weighted by atomic mass is 10.1. The second kappa shape index (κ2) is 8.57. The summed E-state index contributed by atoms with van der Waals surface area (Å²) >= 11 is 5.26. The Hall–Kier alpha value is -3.71. The van der Waals surface area contributed by atoms with Crippen molar-refractivity contribution in [2.24, 2.45) is 0 Å². The Labute approximate surface area is 185 Å². The fourth-order valence-electron chi connectivity index (χ4n) is 3.46. The lowest BCUT2D eigenvalue weighted by molar-refractivity contribution is -0.122. The van der Waals surface area contributed by atoms with Crippen molar-refractivity contribution in [3.05, 3.63) is 83.7 Å². The quantitative estimate of drug-likeness (QED) is 0.377. The zero-order valence-electron chi connectivity index (χ0n) is 17.2. The number of nitrogens with one attached hydrogen (secondary N) is 1. The number of nitrogens with zero attached hydrogens (tertiary/aromatic N) is 2. The number of hydrogen-bond acceptors (Lipinski definition) is 4. The van der Waals surface area contributed by atoms with E-state index in [4.69, 9.17) is 17.0 Å². The molecule has 0 atom stereocenters. The van der Waals surface area contributed by atoms with E-state index in [9.17, 15) is 9.59 Å². The third kappa shape index (κ3) is 4.13. The number of aryl methyl sites for hydroxylation is 1. The summed E-state index contributed by atoms with van der Waals surface area (Å²) in [5.74, 6) is -0.288. The van der Waals surface area contributed by atoms with Crippen LogP contribution in [0.2, 0.25) is 0 Å². The van der Waals surface area contributed by atoms with Crippen LogP contribution in [0.4, 0.5) is 5.69 Å². The SMILES string of the molecule is CCOc1ccc(N2C(=O)/C(=C\c3cc(C)n(-c4ccccc4)c3)C(=O)NC2=S)cc1. The van der Waals surface area contributed by atoms with Crippen molar-refractivity contribution in [2.75, 3.05) is 11.5 Å². The summed E-state index contributed by atoms with van der Waals surface area (Å²) in [5, 5.41) is 2.66. The second-order valence-electron chi connectivity index (χ2n) is 7.01. The van der Waals surface area contributed by atoms with Gasteiger partial charge in [-0.15, -0.1) is 0 Å². The summed E-state index contributed by atoms with van der Waals surface area (Å²) in [6.07, 6.45) is 3.49. The number of thiocarbonyl (C=S) groups is 1. The maximum absolute atomic E-state index is 13.2. The summed E-state index contributed by atoms with van der Waals surface area (Å²) < 4.78 is 7.46. The predicted molar refractivity (Wildman–Crippen MR) is 124 cm³/mol. The molecule has 0 radical (unpaired) electrons. The van der Waals surface area contributed by atoms with Gasteiger partial charge in [0.05, 0.1) is 12.3 Å². The first-order valence-electron chi connectivity index (χ1n) is 9.86. The van der Waals surface area contributed by atoms with Gasteiger partial charge in [0.2, 0.25) is 0 Å². The smallest absolute Gasteiger partial charge is 0.270 e. The molecule has 31 heavy (non-hydrogen) atoms. The average molecular weight is 432 g/mol. The summed E-state index contributed by atoms with van der Waals surface area (Å²) in [4.78, 5) is 27.1. The van der Waals surface area contributed by atoms with Crippen LogP contribution in [0.5, 0.6) is 5.75 Å². The Kier molecular flexibility index (Phi) is 5.68. The molecule has 4 rings (SSSR count). The number of aromatic nitrogens is 1. The molecule has 1 fully saturated rings. The van der Waals surface area contributed by atoms with Gasteiger partial charge >= 0.3 is 0 Å². The third-order valence-corrected chi connectivity index (χ3v) is 5.17. The molecule has 7 heteroatoms. The predicted octanol–water partition coefficient (Wildman–Crippen LogP) is 4.02. The number of amides is 2. The largest absolute Gasteiger partial charge is 0.494 e. The number of hydrogen-bond donors (Lipinski definition) is 1. The maximum atomic E-state index is 13.2. The highest BCUT2D eigenvalue weighted by molar-refractivity contribution is 7.80. The summed E-state index contributed by atoms with van der Waals surface area (Å²) in [6, 6.07) is 18.8. The van der Waals surface area contributed by atoms with Crippen molar-refractivity contribution in [1.29, 1.82) is 0 Å². The molecule has 0 aliphatic carbocycles. The normalized spacial score (nSPS) is 15.4. The van der Waals surface area contributed by atoms with Gasteiger partial charge in [0.15, 0.2) is 5.11 Å². The van der Waals surface area contributed by atoms with E-state index in [1.54, 1.807) is 30.3 Å². The zero-order chi connectivity index (χ0) is 22.0. The molecule has 6 nitrogen and oxygen atoms in total. The molecule has 0 unspecified atom stereocenters. The van der Waals surface area contributed by atoms with E-state index in [1.807, 2.05) is 61.0 Å². The van der Waals surface area contributed by atoms with Gasteiger partial charge in [0.1, 0.15) is 11.3 Å². The molecule has 1 aliphatic heterocycles. The maximum Gasteiger partial charge on any atom is 0.270 e. The van der Waals surface area contributed by atoms with Crippen LogP contribution < -0.4 is 15.0 Å². The lowest BCUT2D eigenvalue weighted by Gasteiger charge is -2.29. The van der Waals surface area contributed by atoms with E-state index in [-0.39, 0.29) is 10.7 Å². The highest BCUT2D eigenvalue weighted by Crippen LogP contribution is 2.25. The second-order valence-corrected chi connectivity index (χ2v) is 7.39. The summed E-state index contributed by atoms with van der Waals surface area (Å²) in [6.45, 7) is 4.42. The lowest BCUT2D eigenvalue weighted by Crippen LogP contribution is -2.54. The van der Waals surface area contributed by atoms with Gasteiger partial charge in [-0.05, 0) is 80.2 Å². The molecule has 2 aromatic carbocycles. The molecule has 1 aromatic heterocycles. The van der Waals surface area contributed by atoms with Gasteiger partial charge in [-0.1, -0.05) is 18.2 Å². The molecule has 3 aromatic rings. The van der Waals surface area contributed by atoms with Crippen molar-refractivity contribution in [3.63, 3.8) is 0 Å². The van der Waals surface area contributed by atoms with Gasteiger partial charge in [-0.2, -0.15) is 0 Å². The van der Waals surface area contributed by atoms with Gasteiger partial charge in [-0.25, -0.2) is 0 Å². The number of ether oxygens (including phenoxy) is 1. The topological polar surface area (TPSA) is 63.6 Å². The minimum Gasteiger partial charge on any atom is -0.494 e. The van der Waals surface area contributed by atoms with Gasteiger partial charge in [0, 0.05) is 17.6 Å². The van der Waals surface area contributed by atoms with Crippen molar-refractivity contribution in [2.45, 2.75) is 13.8 Å². The Morgan fingerprint density at radius 3 is 2.42 bits per heavy atom. The van der Waals surface area contributed by atoms with Crippen LogP contribution in [0, 0.1) is 6.92 Å².